The summed E-state index contributed by atoms with van der Waals surface area (Å²) >= 11 is 5.87. The average molecular weight is 977 g/mol. The van der Waals surface area contributed by atoms with E-state index < -0.39 is 5.91 Å². The van der Waals surface area contributed by atoms with Crippen molar-refractivity contribution in [3.8, 4) is 68.0 Å². The molecule has 7 N–H and O–H groups in total. The molecule has 6 heterocycles. The van der Waals surface area contributed by atoms with Gasteiger partial charge in [-0.25, -0.2) is 9.97 Å². The van der Waals surface area contributed by atoms with Crippen LogP contribution in [0.3, 0.4) is 0 Å². The van der Waals surface area contributed by atoms with Crippen LogP contribution in [0.15, 0.2) is 121 Å². The first-order valence-electron chi connectivity index (χ1n) is 23.9. The summed E-state index contributed by atoms with van der Waals surface area (Å²) in [6, 6.07) is 39.1. The lowest BCUT2D eigenvalue weighted by molar-refractivity contribution is 0.100. The van der Waals surface area contributed by atoms with Gasteiger partial charge in [0, 0.05) is 73.8 Å². The molecule has 0 bridgehead atoms. The highest BCUT2D eigenvalue weighted by Gasteiger charge is 2.24. The van der Waals surface area contributed by atoms with Gasteiger partial charge in [0.25, 0.3) is 0 Å². The second-order valence-electron chi connectivity index (χ2n) is 18.5. The summed E-state index contributed by atoms with van der Waals surface area (Å²) in [5.41, 5.74) is 17.5. The van der Waals surface area contributed by atoms with Gasteiger partial charge in [0.05, 0.1) is 41.7 Å². The molecule has 0 unspecified atom stereocenters. The summed E-state index contributed by atoms with van der Waals surface area (Å²) < 4.78 is 11.0. The number of amides is 1. The number of halogens is 1. The van der Waals surface area contributed by atoms with Gasteiger partial charge in [-0.15, -0.1) is 0 Å². The Morgan fingerprint density at radius 3 is 1.75 bits per heavy atom. The Morgan fingerprint density at radius 1 is 0.639 bits per heavy atom. The number of methoxy groups -OCH3 is 1. The van der Waals surface area contributed by atoms with Crippen molar-refractivity contribution in [1.82, 2.24) is 61.0 Å². The minimum Gasteiger partial charge on any atom is -0.497 e. The number of fused-ring (bicyclic) bond motifs is 4. The van der Waals surface area contributed by atoms with E-state index in [1.165, 1.54) is 18.4 Å². The van der Waals surface area contributed by atoms with Crippen molar-refractivity contribution in [3.63, 3.8) is 0 Å². The summed E-state index contributed by atoms with van der Waals surface area (Å²) in [5, 5.41) is 41.0. The zero-order valence-corrected chi connectivity index (χ0v) is 40.5. The number of nitrogens with one attached hydrogen (secondary N) is 5. The molecule has 1 saturated carbocycles. The molecule has 17 heteroatoms. The summed E-state index contributed by atoms with van der Waals surface area (Å²) in [7, 11) is 1.67. The Balaban J connectivity index is 0.000000119. The van der Waals surface area contributed by atoms with Crippen LogP contribution in [0.1, 0.15) is 54.3 Å². The molecule has 0 radical (unpaired) electrons. The van der Waals surface area contributed by atoms with Crippen LogP contribution in [-0.2, 0) is 19.3 Å². The van der Waals surface area contributed by atoms with Gasteiger partial charge in [0.2, 0.25) is 5.91 Å². The molecule has 2 aliphatic rings. The number of primary amides is 1. The van der Waals surface area contributed by atoms with E-state index in [4.69, 9.17) is 26.8 Å². The Hall–Kier alpha value is -8.63. The molecule has 0 saturated heterocycles. The van der Waals surface area contributed by atoms with Crippen LogP contribution in [0.2, 0.25) is 5.02 Å². The van der Waals surface area contributed by atoms with Crippen molar-refractivity contribution in [2.24, 2.45) is 17.6 Å². The number of hydrogen-bond donors (Lipinski definition) is 6. The fourth-order valence-electron chi connectivity index (χ4n) is 8.82. The second-order valence-corrected chi connectivity index (χ2v) is 18.9. The number of rotatable bonds is 11. The summed E-state index contributed by atoms with van der Waals surface area (Å²) in [6.07, 6.45) is 5.48. The van der Waals surface area contributed by atoms with Crippen molar-refractivity contribution < 1.29 is 14.3 Å². The van der Waals surface area contributed by atoms with Crippen LogP contribution in [-0.4, -0.2) is 80.6 Å². The SMILES string of the molecule is CC(C)Cc1nc(-c2ccc3[nH]nc(-c4ccc5c(c4)OCC5)c3c2)n[nH]1.COc1ccc(-c2n[nH]c3ccc(-c4n[nH]c(CC5CC5)n4)cc23)cc1.NC(=O)c1ccc2[nH]nc(-c3ccc(Cl)cc3)c2c1. The fourth-order valence-corrected chi connectivity index (χ4v) is 8.94. The van der Waals surface area contributed by atoms with Gasteiger partial charge in [-0.2, -0.15) is 25.5 Å². The Labute approximate surface area is 418 Å². The Kier molecular flexibility index (Phi) is 12.5. The van der Waals surface area contributed by atoms with Crippen LogP contribution in [0.4, 0.5) is 0 Å². The predicted octanol–water partition coefficient (Wildman–Crippen LogP) is 11.1. The lowest BCUT2D eigenvalue weighted by Crippen LogP contribution is -2.10. The number of aromatic amines is 5. The summed E-state index contributed by atoms with van der Waals surface area (Å²) in [6.45, 7) is 5.10. The number of carbonyl (C=O) groups excluding carboxylic acids is 1. The smallest absolute Gasteiger partial charge is 0.248 e. The van der Waals surface area contributed by atoms with Crippen LogP contribution >= 0.6 is 11.6 Å². The zero-order valence-electron chi connectivity index (χ0n) is 39.8. The van der Waals surface area contributed by atoms with Crippen molar-refractivity contribution >= 4 is 50.2 Å². The lowest BCUT2D eigenvalue weighted by atomic mass is 10.0. The molecule has 72 heavy (non-hydrogen) atoms. The van der Waals surface area contributed by atoms with Gasteiger partial charge in [-0.1, -0.05) is 49.7 Å². The van der Waals surface area contributed by atoms with Gasteiger partial charge in [-0.3, -0.25) is 30.3 Å². The number of ether oxygens (including phenoxy) is 2. The number of benzene rings is 6. The first-order chi connectivity index (χ1) is 35.1. The maximum atomic E-state index is 11.2. The Bertz CT molecular complexity index is 3710. The van der Waals surface area contributed by atoms with E-state index in [0.29, 0.717) is 16.5 Å². The number of nitrogens with zero attached hydrogens (tertiary/aromatic N) is 7. The third-order valence-corrected chi connectivity index (χ3v) is 13.0. The van der Waals surface area contributed by atoms with Gasteiger partial charge < -0.3 is 15.2 Å². The molecule has 1 aliphatic carbocycles. The highest BCUT2D eigenvalue weighted by Crippen LogP contribution is 2.36. The summed E-state index contributed by atoms with van der Waals surface area (Å²) in [5.74, 6) is 6.02. The molecule has 1 fully saturated rings. The zero-order chi connectivity index (χ0) is 49.3. The first kappa shape index (κ1) is 45.8. The van der Waals surface area contributed by atoms with Gasteiger partial charge in [0.1, 0.15) is 28.8 Å². The lowest BCUT2D eigenvalue weighted by Gasteiger charge is -2.03. The third kappa shape index (κ3) is 9.76. The molecule has 11 aromatic rings. The molecule has 16 nitrogen and oxygen atoms in total. The van der Waals surface area contributed by atoms with Crippen molar-refractivity contribution in [2.75, 3.05) is 13.7 Å². The minimum absolute atomic E-state index is 0.454. The average Bonchev–Trinajstić information content (AvgIpc) is 4.10. The largest absolute Gasteiger partial charge is 0.497 e. The number of carbonyl (C=O) groups is 1. The highest BCUT2D eigenvalue weighted by molar-refractivity contribution is 6.30. The van der Waals surface area contributed by atoms with Gasteiger partial charge >= 0.3 is 0 Å². The third-order valence-electron chi connectivity index (χ3n) is 12.8. The topological polar surface area (TPSA) is 231 Å². The normalized spacial score (nSPS) is 12.9. The fraction of sp³-hybridized carbons (Fsp3) is 0.200. The predicted molar refractivity (Wildman–Crippen MR) is 280 cm³/mol. The van der Waals surface area contributed by atoms with E-state index in [1.54, 1.807) is 37.4 Å². The second kappa shape index (κ2) is 19.6. The molecular formula is C55H50ClN13O3. The maximum absolute atomic E-state index is 11.2. The molecular weight excluding hydrogens is 926 g/mol. The summed E-state index contributed by atoms with van der Waals surface area (Å²) in [4.78, 5) is 20.5. The van der Waals surface area contributed by atoms with Crippen molar-refractivity contribution in [1.29, 1.82) is 0 Å². The van der Waals surface area contributed by atoms with Crippen LogP contribution < -0.4 is 15.2 Å². The Morgan fingerprint density at radius 2 is 1.17 bits per heavy atom. The van der Waals surface area contributed by atoms with Crippen molar-refractivity contribution in [2.45, 2.75) is 46.0 Å². The number of H-pyrrole nitrogens is 5. The monoisotopic (exact) mass is 975 g/mol. The van der Waals surface area contributed by atoms with Crippen LogP contribution in [0, 0.1) is 11.8 Å². The van der Waals surface area contributed by atoms with Gasteiger partial charge in [-0.05, 0) is 127 Å². The van der Waals surface area contributed by atoms with E-state index in [1.807, 2.05) is 60.7 Å². The standard InChI is InChI=1S/C21H21N5O.C20H19N5O.C14H10ClN3O/c1-12(2)9-19-22-21(26-24-19)15-5-6-17-16(10-15)20(25-23-17)14-4-3-13-7-8-27-18(13)11-14;1-26-15-7-4-13(5-8-15)19-16-11-14(6-9-17(16)22-24-19)20-21-18(23-25-20)10-12-2-3-12;15-10-4-1-8(2-5-10)13-11-7-9(14(16)19)3-6-12(11)17-18-13/h3-6,10-12H,7-9H2,1-2H3,(H,23,25)(H,22,24,26);4-9,11-12H,2-3,10H2,1H3,(H,22,24)(H,21,23,25);1-7H,(H2,16,19)(H,17,18). The number of aromatic nitrogens is 12. The van der Waals surface area contributed by atoms with E-state index in [-0.39, 0.29) is 0 Å². The molecule has 1 amide bonds. The van der Waals surface area contributed by atoms with Crippen LogP contribution in [0.5, 0.6) is 11.5 Å². The van der Waals surface area contributed by atoms with E-state index >= 15 is 0 Å². The first-order valence-corrected chi connectivity index (χ1v) is 24.2. The van der Waals surface area contributed by atoms with E-state index in [2.05, 4.69) is 105 Å². The number of nitrogens with two attached hydrogens (primary N) is 1. The maximum Gasteiger partial charge on any atom is 0.248 e. The van der Waals surface area contributed by atoms with E-state index in [0.717, 1.165) is 144 Å². The molecule has 0 spiro atoms. The quantitative estimate of drug-likeness (QED) is 0.0718. The minimum atomic E-state index is -0.454. The highest BCUT2D eigenvalue weighted by atomic mass is 35.5. The van der Waals surface area contributed by atoms with Crippen molar-refractivity contribution in [3.05, 3.63) is 149 Å². The molecule has 6 aromatic carbocycles. The van der Waals surface area contributed by atoms with Gasteiger partial charge in [0.15, 0.2) is 11.6 Å². The molecule has 360 valence electrons. The van der Waals surface area contributed by atoms with Crippen LogP contribution in [0.25, 0.3) is 89.3 Å². The molecule has 0 atom stereocenters. The molecule has 5 aromatic heterocycles. The number of hydrogen-bond acceptors (Lipinski definition) is 10. The molecule has 1 aliphatic heterocycles. The van der Waals surface area contributed by atoms with E-state index in [9.17, 15) is 4.79 Å². The molecule has 13 rings (SSSR count).